The molecule has 0 radical (unpaired) electrons. The van der Waals surface area contributed by atoms with Crippen LogP contribution in [0.25, 0.3) is 0 Å². The highest BCUT2D eigenvalue weighted by Crippen LogP contribution is 2.41. The van der Waals surface area contributed by atoms with Crippen LogP contribution in [0.4, 0.5) is 24.5 Å². The number of amides is 1. The number of nitrogens with zero attached hydrogens (tertiary/aromatic N) is 1. The van der Waals surface area contributed by atoms with Crippen molar-refractivity contribution >= 4 is 23.1 Å². The Kier molecular flexibility index (Phi) is 5.55. The van der Waals surface area contributed by atoms with Crippen molar-refractivity contribution in [2.24, 2.45) is 17.8 Å². The first-order valence-corrected chi connectivity index (χ1v) is 10.2. The maximum absolute atomic E-state index is 13.2. The van der Waals surface area contributed by atoms with Gasteiger partial charge in [0.15, 0.2) is 0 Å². The van der Waals surface area contributed by atoms with E-state index in [-0.39, 0.29) is 35.1 Å². The minimum absolute atomic E-state index is 0.0847. The molecular formula is C21H25F3N2O3. The molecule has 29 heavy (non-hydrogen) atoms. The van der Waals surface area contributed by atoms with E-state index in [0.717, 1.165) is 31.4 Å². The van der Waals surface area contributed by atoms with Gasteiger partial charge in [-0.3, -0.25) is 9.59 Å². The van der Waals surface area contributed by atoms with Crippen molar-refractivity contribution in [3.05, 3.63) is 23.8 Å². The molecule has 1 aromatic rings. The highest BCUT2D eigenvalue weighted by molar-refractivity contribution is 5.97. The predicted molar refractivity (Wildman–Crippen MR) is 102 cm³/mol. The number of morpholine rings is 1. The Morgan fingerprint density at radius 1 is 1.10 bits per heavy atom. The number of alkyl halides is 3. The molecule has 1 aliphatic heterocycles. The van der Waals surface area contributed by atoms with E-state index in [1.54, 1.807) is 0 Å². The van der Waals surface area contributed by atoms with Crippen LogP contribution in [0.1, 0.15) is 37.7 Å². The number of rotatable bonds is 3. The molecule has 1 saturated heterocycles. The lowest BCUT2D eigenvalue weighted by atomic mass is 9.67. The Hall–Kier alpha value is -2.09. The van der Waals surface area contributed by atoms with Gasteiger partial charge >= 0.3 is 6.18 Å². The summed E-state index contributed by atoms with van der Waals surface area (Å²) < 4.78 is 45.1. The average molecular weight is 410 g/mol. The van der Waals surface area contributed by atoms with Crippen molar-refractivity contribution in [1.29, 1.82) is 0 Å². The van der Waals surface area contributed by atoms with E-state index in [4.69, 9.17) is 4.74 Å². The van der Waals surface area contributed by atoms with Crippen LogP contribution in [0.2, 0.25) is 0 Å². The quantitative estimate of drug-likeness (QED) is 0.822. The largest absolute Gasteiger partial charge is 0.416 e. The third kappa shape index (κ3) is 4.27. The Morgan fingerprint density at radius 2 is 1.76 bits per heavy atom. The van der Waals surface area contributed by atoms with Gasteiger partial charge in [-0.1, -0.05) is 6.42 Å². The summed E-state index contributed by atoms with van der Waals surface area (Å²) in [6.07, 6.45) is -0.884. The van der Waals surface area contributed by atoms with Crippen LogP contribution >= 0.6 is 0 Å². The summed E-state index contributed by atoms with van der Waals surface area (Å²) in [5, 5.41) is 2.76. The third-order valence-electron chi connectivity index (χ3n) is 6.35. The van der Waals surface area contributed by atoms with Gasteiger partial charge in [0.1, 0.15) is 5.78 Å². The molecule has 5 nitrogen and oxygen atoms in total. The summed E-state index contributed by atoms with van der Waals surface area (Å²) in [6.45, 7) is 2.08. The standard InChI is InChI=1S/C21H25F3N2O3/c22-21(23,24)16-4-5-18(26-6-8-29-9-7-26)17(12-16)25-20(28)15-10-13-2-1-3-14(11-15)19(13)27/h4-5,12-15H,1-3,6-11H2,(H,25,28). The van der Waals surface area contributed by atoms with Crippen molar-refractivity contribution in [3.63, 3.8) is 0 Å². The van der Waals surface area contributed by atoms with Crippen molar-refractivity contribution in [2.45, 2.75) is 38.3 Å². The summed E-state index contributed by atoms with van der Waals surface area (Å²) in [6, 6.07) is 3.48. The minimum atomic E-state index is -4.49. The number of carbonyl (C=O) groups is 2. The number of hydrogen-bond donors (Lipinski definition) is 1. The molecule has 1 aromatic carbocycles. The summed E-state index contributed by atoms with van der Waals surface area (Å²) in [4.78, 5) is 27.2. The number of fused-ring (bicyclic) bond motifs is 2. The molecule has 4 rings (SSSR count). The molecule has 1 N–H and O–H groups in total. The van der Waals surface area contributed by atoms with Crippen molar-refractivity contribution in [3.8, 4) is 0 Å². The van der Waals surface area contributed by atoms with Crippen molar-refractivity contribution in [2.75, 3.05) is 36.5 Å². The fraction of sp³-hybridized carbons (Fsp3) is 0.619. The second-order valence-corrected chi connectivity index (χ2v) is 8.21. The van der Waals surface area contributed by atoms with Crippen molar-refractivity contribution < 1.29 is 27.5 Å². The molecule has 1 amide bonds. The van der Waals surface area contributed by atoms with E-state index in [2.05, 4.69) is 5.32 Å². The molecule has 2 unspecified atom stereocenters. The van der Waals surface area contributed by atoms with Crippen LogP contribution in [0.3, 0.4) is 0 Å². The second-order valence-electron chi connectivity index (χ2n) is 8.21. The first-order chi connectivity index (χ1) is 13.8. The van der Waals surface area contributed by atoms with E-state index >= 15 is 0 Å². The lowest BCUT2D eigenvalue weighted by molar-refractivity contribution is -0.138. The Morgan fingerprint density at radius 3 is 2.38 bits per heavy atom. The number of nitrogens with one attached hydrogen (secondary N) is 1. The lowest BCUT2D eigenvalue weighted by Crippen LogP contribution is -2.41. The van der Waals surface area contributed by atoms with Gasteiger partial charge in [0.2, 0.25) is 5.91 Å². The summed E-state index contributed by atoms with van der Waals surface area (Å²) in [5.41, 5.74) is -0.0454. The third-order valence-corrected chi connectivity index (χ3v) is 6.35. The van der Waals surface area contributed by atoms with Gasteiger partial charge in [-0.2, -0.15) is 13.2 Å². The van der Waals surface area contributed by atoms with Gasteiger partial charge in [-0.25, -0.2) is 0 Å². The smallest absolute Gasteiger partial charge is 0.378 e. The molecule has 0 aromatic heterocycles. The molecule has 2 atom stereocenters. The zero-order valence-corrected chi connectivity index (χ0v) is 16.1. The van der Waals surface area contributed by atoms with Gasteiger partial charge in [0.05, 0.1) is 30.2 Å². The van der Waals surface area contributed by atoms with Gasteiger partial charge in [0.25, 0.3) is 0 Å². The second kappa shape index (κ2) is 7.97. The number of benzene rings is 1. The number of hydrogen-bond acceptors (Lipinski definition) is 4. The molecule has 3 aliphatic rings. The van der Waals surface area contributed by atoms with Crippen LogP contribution < -0.4 is 10.2 Å². The summed E-state index contributed by atoms with van der Waals surface area (Å²) in [5.74, 6) is -0.538. The number of ether oxygens (including phenoxy) is 1. The molecule has 2 bridgehead atoms. The fourth-order valence-electron chi connectivity index (χ4n) is 4.82. The number of Topliss-reactive ketones (excluding diaryl/α,β-unsaturated/α-hetero) is 1. The van der Waals surface area contributed by atoms with Crippen LogP contribution in [-0.2, 0) is 20.5 Å². The summed E-state index contributed by atoms with van der Waals surface area (Å²) >= 11 is 0. The van der Waals surface area contributed by atoms with Crippen LogP contribution in [0.15, 0.2) is 18.2 Å². The van der Waals surface area contributed by atoms with Crippen LogP contribution in [0.5, 0.6) is 0 Å². The molecule has 1 heterocycles. The zero-order valence-electron chi connectivity index (χ0n) is 16.1. The SMILES string of the molecule is O=C(Nc1cc(C(F)(F)F)ccc1N1CCOCC1)C1CC2CCCC(C1)C2=O. The van der Waals surface area contributed by atoms with Gasteiger partial charge in [-0.05, 0) is 43.9 Å². The van der Waals surface area contributed by atoms with Crippen LogP contribution in [0, 0.1) is 17.8 Å². The lowest BCUT2D eigenvalue weighted by Gasteiger charge is -2.37. The minimum Gasteiger partial charge on any atom is -0.378 e. The number of carbonyl (C=O) groups excluding carboxylic acids is 2. The first kappa shape index (κ1) is 20.2. The maximum Gasteiger partial charge on any atom is 0.416 e. The van der Waals surface area contributed by atoms with Gasteiger partial charge in [-0.15, -0.1) is 0 Å². The van der Waals surface area contributed by atoms with E-state index in [1.807, 2.05) is 4.90 Å². The van der Waals surface area contributed by atoms with E-state index in [0.29, 0.717) is 44.8 Å². The van der Waals surface area contributed by atoms with Gasteiger partial charge in [0, 0.05) is 30.8 Å². The molecular weight excluding hydrogens is 385 g/mol. The average Bonchev–Trinajstić information content (AvgIpc) is 2.67. The Labute approximate surface area is 167 Å². The molecule has 3 fully saturated rings. The normalized spacial score (nSPS) is 27.6. The Balaban J connectivity index is 1.57. The molecule has 8 heteroatoms. The predicted octanol–water partition coefficient (Wildman–Crippen LogP) is 3.88. The number of halogens is 3. The van der Waals surface area contributed by atoms with Gasteiger partial charge < -0.3 is 15.0 Å². The first-order valence-electron chi connectivity index (χ1n) is 10.2. The number of anilines is 2. The van der Waals surface area contributed by atoms with Crippen molar-refractivity contribution in [1.82, 2.24) is 0 Å². The number of ketones is 1. The Bertz CT molecular complexity index is 774. The summed E-state index contributed by atoms with van der Waals surface area (Å²) in [7, 11) is 0. The van der Waals surface area contributed by atoms with E-state index < -0.39 is 11.7 Å². The topological polar surface area (TPSA) is 58.6 Å². The maximum atomic E-state index is 13.2. The highest BCUT2D eigenvalue weighted by Gasteiger charge is 2.41. The zero-order chi connectivity index (χ0) is 20.6. The van der Waals surface area contributed by atoms with Crippen LogP contribution in [-0.4, -0.2) is 38.0 Å². The molecule has 158 valence electrons. The highest BCUT2D eigenvalue weighted by atomic mass is 19.4. The monoisotopic (exact) mass is 410 g/mol. The molecule has 0 spiro atoms. The molecule has 2 saturated carbocycles. The molecule has 2 aliphatic carbocycles. The fourth-order valence-corrected chi connectivity index (χ4v) is 4.82. The van der Waals surface area contributed by atoms with E-state index in [9.17, 15) is 22.8 Å². The van der Waals surface area contributed by atoms with E-state index in [1.165, 1.54) is 6.07 Å².